The van der Waals surface area contributed by atoms with E-state index < -0.39 is 11.8 Å². The zero-order valence-corrected chi connectivity index (χ0v) is 12.9. The minimum Gasteiger partial charge on any atom is -0.497 e. The molecular formula is C16H19N3O3. The number of hydrogen-bond donors (Lipinski definition) is 2. The second kappa shape index (κ2) is 5.05. The summed E-state index contributed by atoms with van der Waals surface area (Å²) in [5.74, 6) is 0.830. The van der Waals surface area contributed by atoms with Crippen LogP contribution in [0.15, 0.2) is 24.4 Å². The third kappa shape index (κ3) is 2.30. The first-order valence-electron chi connectivity index (χ1n) is 7.18. The van der Waals surface area contributed by atoms with E-state index in [0.29, 0.717) is 0 Å². The highest BCUT2D eigenvalue weighted by Gasteiger charge is 2.30. The Morgan fingerprint density at radius 2 is 2.09 bits per heavy atom. The van der Waals surface area contributed by atoms with Crippen LogP contribution in [0.4, 0.5) is 4.79 Å². The fourth-order valence-electron chi connectivity index (χ4n) is 3.00. The molecule has 1 heterocycles. The average Bonchev–Trinajstić information content (AvgIpc) is 2.90. The second-order valence-electron chi connectivity index (χ2n) is 5.94. The normalized spacial score (nSPS) is 13.2. The number of amides is 1. The number of rotatable bonds is 3. The van der Waals surface area contributed by atoms with Gasteiger partial charge < -0.3 is 9.84 Å². The summed E-state index contributed by atoms with van der Waals surface area (Å²) in [6.07, 6.45) is 2.57. The monoisotopic (exact) mass is 301 g/mol. The van der Waals surface area contributed by atoms with Crippen molar-refractivity contribution >= 4 is 6.09 Å². The van der Waals surface area contributed by atoms with Crippen molar-refractivity contribution in [2.24, 2.45) is 0 Å². The Bertz CT molecular complexity index is 734. The lowest BCUT2D eigenvalue weighted by molar-refractivity contribution is 0.163. The van der Waals surface area contributed by atoms with Gasteiger partial charge in [0.15, 0.2) is 0 Å². The molecule has 6 heteroatoms. The van der Waals surface area contributed by atoms with Crippen LogP contribution in [0.1, 0.15) is 25.0 Å². The zero-order chi connectivity index (χ0) is 15.9. The van der Waals surface area contributed by atoms with Gasteiger partial charge in [-0.05, 0) is 56.0 Å². The molecule has 0 radical (unpaired) electrons. The van der Waals surface area contributed by atoms with Crippen LogP contribution in [0.2, 0.25) is 0 Å². The molecule has 2 N–H and O–H groups in total. The SMILES string of the molecule is COc1ccc2c(c1)CCc1cnn(C(C)(C)NC(=O)O)c1-2. The number of fused-ring (bicyclic) bond motifs is 3. The van der Waals surface area contributed by atoms with Gasteiger partial charge in [0.25, 0.3) is 0 Å². The standard InChI is InChI=1S/C16H19N3O3/c1-16(2,18-15(20)21)19-14-11(9-17-19)5-4-10-8-12(22-3)6-7-13(10)14/h6-9,18H,4-5H2,1-3H3,(H,20,21). The summed E-state index contributed by atoms with van der Waals surface area (Å²) in [4.78, 5) is 11.0. The van der Waals surface area contributed by atoms with Crippen LogP contribution in [-0.4, -0.2) is 28.1 Å². The molecule has 1 aliphatic carbocycles. The van der Waals surface area contributed by atoms with Gasteiger partial charge in [-0.25, -0.2) is 9.48 Å². The van der Waals surface area contributed by atoms with E-state index in [0.717, 1.165) is 35.4 Å². The summed E-state index contributed by atoms with van der Waals surface area (Å²) in [7, 11) is 1.65. The third-order valence-corrected chi connectivity index (χ3v) is 4.02. The van der Waals surface area contributed by atoms with Gasteiger partial charge in [-0.2, -0.15) is 5.10 Å². The molecule has 1 aliphatic rings. The molecule has 6 nitrogen and oxygen atoms in total. The van der Waals surface area contributed by atoms with Crippen LogP contribution < -0.4 is 10.1 Å². The Morgan fingerprint density at radius 3 is 2.77 bits per heavy atom. The molecule has 0 unspecified atom stereocenters. The zero-order valence-electron chi connectivity index (χ0n) is 12.9. The number of hydrogen-bond acceptors (Lipinski definition) is 3. The number of benzene rings is 1. The van der Waals surface area contributed by atoms with Crippen molar-refractivity contribution in [2.75, 3.05) is 7.11 Å². The molecule has 22 heavy (non-hydrogen) atoms. The van der Waals surface area contributed by atoms with Gasteiger partial charge in [0.1, 0.15) is 11.4 Å². The first-order chi connectivity index (χ1) is 10.4. The number of nitrogens with one attached hydrogen (secondary N) is 1. The number of methoxy groups -OCH3 is 1. The van der Waals surface area contributed by atoms with Crippen LogP contribution in [-0.2, 0) is 18.5 Å². The van der Waals surface area contributed by atoms with Gasteiger partial charge in [-0.3, -0.25) is 5.32 Å². The fraction of sp³-hybridized carbons (Fsp3) is 0.375. The van der Waals surface area contributed by atoms with Crippen molar-refractivity contribution in [3.05, 3.63) is 35.5 Å². The lowest BCUT2D eigenvalue weighted by Crippen LogP contribution is -2.46. The quantitative estimate of drug-likeness (QED) is 0.913. The summed E-state index contributed by atoms with van der Waals surface area (Å²) < 4.78 is 7.04. The van der Waals surface area contributed by atoms with Crippen molar-refractivity contribution in [3.8, 4) is 17.0 Å². The minimum atomic E-state index is -1.07. The van der Waals surface area contributed by atoms with E-state index >= 15 is 0 Å². The highest BCUT2D eigenvalue weighted by atomic mass is 16.5. The number of aryl methyl sites for hydroxylation is 2. The smallest absolute Gasteiger partial charge is 0.406 e. The maximum atomic E-state index is 11.0. The predicted octanol–water partition coefficient (Wildman–Crippen LogP) is 2.62. The van der Waals surface area contributed by atoms with Gasteiger partial charge in [-0.15, -0.1) is 0 Å². The summed E-state index contributed by atoms with van der Waals surface area (Å²) in [5, 5.41) is 16.0. The first-order valence-corrected chi connectivity index (χ1v) is 7.18. The summed E-state index contributed by atoms with van der Waals surface area (Å²) in [6.45, 7) is 3.60. The first kappa shape index (κ1) is 14.4. The van der Waals surface area contributed by atoms with Gasteiger partial charge in [0.2, 0.25) is 0 Å². The van der Waals surface area contributed by atoms with E-state index in [4.69, 9.17) is 9.84 Å². The average molecular weight is 301 g/mol. The largest absolute Gasteiger partial charge is 0.497 e. The predicted molar refractivity (Wildman–Crippen MR) is 82.1 cm³/mol. The number of carbonyl (C=O) groups is 1. The van der Waals surface area contributed by atoms with Crippen molar-refractivity contribution in [1.29, 1.82) is 0 Å². The highest BCUT2D eigenvalue weighted by Crippen LogP contribution is 2.37. The van der Waals surface area contributed by atoms with Crippen LogP contribution in [0.25, 0.3) is 11.3 Å². The Morgan fingerprint density at radius 1 is 1.36 bits per heavy atom. The molecule has 0 bridgehead atoms. The summed E-state index contributed by atoms with van der Waals surface area (Å²) in [6, 6.07) is 5.97. The van der Waals surface area contributed by atoms with E-state index in [-0.39, 0.29) is 0 Å². The van der Waals surface area contributed by atoms with E-state index in [1.807, 2.05) is 24.4 Å². The van der Waals surface area contributed by atoms with Gasteiger partial charge in [-0.1, -0.05) is 0 Å². The van der Waals surface area contributed by atoms with Gasteiger partial charge in [0, 0.05) is 5.56 Å². The lowest BCUT2D eigenvalue weighted by atomic mass is 9.90. The van der Waals surface area contributed by atoms with Crippen LogP contribution in [0.3, 0.4) is 0 Å². The van der Waals surface area contributed by atoms with Gasteiger partial charge >= 0.3 is 6.09 Å². The van der Waals surface area contributed by atoms with E-state index in [1.54, 1.807) is 25.6 Å². The van der Waals surface area contributed by atoms with Crippen molar-refractivity contribution < 1.29 is 14.6 Å². The lowest BCUT2D eigenvalue weighted by Gasteiger charge is -2.29. The van der Waals surface area contributed by atoms with E-state index in [1.165, 1.54) is 5.56 Å². The maximum absolute atomic E-state index is 11.0. The Balaban J connectivity index is 2.12. The van der Waals surface area contributed by atoms with Crippen LogP contribution in [0, 0.1) is 0 Å². The summed E-state index contributed by atoms with van der Waals surface area (Å²) in [5.41, 5.74) is 3.56. The van der Waals surface area contributed by atoms with Crippen LogP contribution >= 0.6 is 0 Å². The molecule has 0 saturated carbocycles. The topological polar surface area (TPSA) is 76.4 Å². The molecule has 0 aliphatic heterocycles. The molecule has 2 aromatic rings. The number of ether oxygens (including phenoxy) is 1. The van der Waals surface area contributed by atoms with E-state index in [9.17, 15) is 4.79 Å². The van der Waals surface area contributed by atoms with E-state index in [2.05, 4.69) is 10.4 Å². The molecule has 0 saturated heterocycles. The molecule has 0 spiro atoms. The molecule has 1 aromatic carbocycles. The van der Waals surface area contributed by atoms with Crippen LogP contribution in [0.5, 0.6) is 5.75 Å². The molecule has 0 fully saturated rings. The Labute approximate surface area is 128 Å². The fourth-order valence-corrected chi connectivity index (χ4v) is 3.00. The number of aromatic nitrogens is 2. The second-order valence-corrected chi connectivity index (χ2v) is 5.94. The van der Waals surface area contributed by atoms with Crippen molar-refractivity contribution in [3.63, 3.8) is 0 Å². The molecule has 1 aromatic heterocycles. The minimum absolute atomic E-state index is 0.825. The highest BCUT2D eigenvalue weighted by molar-refractivity contribution is 5.71. The molecule has 1 amide bonds. The number of nitrogens with zero attached hydrogens (tertiary/aromatic N) is 2. The Hall–Kier alpha value is -2.50. The molecule has 116 valence electrons. The van der Waals surface area contributed by atoms with Crippen molar-refractivity contribution in [2.45, 2.75) is 32.4 Å². The van der Waals surface area contributed by atoms with Crippen molar-refractivity contribution in [1.82, 2.24) is 15.1 Å². The summed E-state index contributed by atoms with van der Waals surface area (Å²) >= 11 is 0. The van der Waals surface area contributed by atoms with Gasteiger partial charge in [0.05, 0.1) is 19.0 Å². The Kier molecular flexibility index (Phi) is 3.31. The molecular weight excluding hydrogens is 282 g/mol. The maximum Gasteiger partial charge on any atom is 0.406 e. The molecule has 3 rings (SSSR count). The number of carboxylic acid groups (broad SMARTS) is 1. The third-order valence-electron chi connectivity index (χ3n) is 4.02. The molecule has 0 atom stereocenters.